The van der Waals surface area contributed by atoms with Crippen molar-refractivity contribution in [3.63, 3.8) is 0 Å². The van der Waals surface area contributed by atoms with E-state index in [4.69, 9.17) is 5.10 Å². The van der Waals surface area contributed by atoms with E-state index in [1.807, 2.05) is 71.4 Å². The van der Waals surface area contributed by atoms with E-state index >= 15 is 0 Å². The number of benzene rings is 1. The first-order chi connectivity index (χ1) is 12.4. The van der Waals surface area contributed by atoms with Crippen LogP contribution in [0.5, 0.6) is 0 Å². The van der Waals surface area contributed by atoms with Crippen LogP contribution in [0.3, 0.4) is 0 Å². The summed E-state index contributed by atoms with van der Waals surface area (Å²) in [5.41, 5.74) is 3.60. The highest BCUT2D eigenvalue weighted by molar-refractivity contribution is 7.99. The van der Waals surface area contributed by atoms with Gasteiger partial charge in [-0.25, -0.2) is 4.98 Å². The second-order valence-corrected chi connectivity index (χ2v) is 6.54. The van der Waals surface area contributed by atoms with Gasteiger partial charge in [0.25, 0.3) is 0 Å². The van der Waals surface area contributed by atoms with Gasteiger partial charge in [0, 0.05) is 29.0 Å². The van der Waals surface area contributed by atoms with E-state index in [0.717, 1.165) is 32.6 Å². The molecule has 5 rings (SSSR count). The van der Waals surface area contributed by atoms with Gasteiger partial charge in [-0.15, -0.1) is 10.2 Å². The Morgan fingerprint density at radius 1 is 0.840 bits per heavy atom. The van der Waals surface area contributed by atoms with Crippen LogP contribution in [0, 0.1) is 0 Å². The van der Waals surface area contributed by atoms with Crippen LogP contribution >= 0.6 is 11.8 Å². The maximum Gasteiger partial charge on any atom is 0.217 e. The lowest BCUT2D eigenvalue weighted by Gasteiger charge is -2.03. The van der Waals surface area contributed by atoms with E-state index < -0.39 is 0 Å². The van der Waals surface area contributed by atoms with Crippen LogP contribution in [0.1, 0.15) is 0 Å². The molecule has 4 heterocycles. The molecule has 0 fully saturated rings. The molecule has 0 radical (unpaired) electrons. The topological polar surface area (TPSA) is 60.4 Å². The lowest BCUT2D eigenvalue weighted by Crippen LogP contribution is -1.96. The number of hydrogen-bond acceptors (Lipinski definition) is 5. The minimum Gasteiger partial charge on any atom is -0.306 e. The second-order valence-electron chi connectivity index (χ2n) is 5.50. The van der Waals surface area contributed by atoms with Crippen molar-refractivity contribution < 1.29 is 0 Å². The summed E-state index contributed by atoms with van der Waals surface area (Å²) in [7, 11) is 0. The van der Waals surface area contributed by atoms with Crippen molar-refractivity contribution in [1.29, 1.82) is 0 Å². The van der Waals surface area contributed by atoms with Gasteiger partial charge in [0.05, 0.1) is 5.69 Å². The fourth-order valence-corrected chi connectivity index (χ4v) is 3.48. The molecule has 4 aromatic heterocycles. The summed E-state index contributed by atoms with van der Waals surface area (Å²) in [6.45, 7) is 0. The highest BCUT2D eigenvalue weighted by Gasteiger charge is 2.11. The molecule has 0 N–H and O–H groups in total. The predicted octanol–water partition coefficient (Wildman–Crippen LogP) is 3.59. The molecule has 0 aliphatic rings. The van der Waals surface area contributed by atoms with E-state index in [1.165, 1.54) is 11.8 Å². The summed E-state index contributed by atoms with van der Waals surface area (Å²) in [6.07, 6.45) is 5.73. The van der Waals surface area contributed by atoms with Crippen molar-refractivity contribution in [3.05, 3.63) is 73.2 Å². The predicted molar refractivity (Wildman–Crippen MR) is 95.5 cm³/mol. The minimum absolute atomic E-state index is 0.728. The van der Waals surface area contributed by atoms with Gasteiger partial charge < -0.3 is 4.40 Å². The Kier molecular flexibility index (Phi) is 3.24. The van der Waals surface area contributed by atoms with Gasteiger partial charge in [0.1, 0.15) is 5.65 Å². The quantitative estimate of drug-likeness (QED) is 0.500. The maximum absolute atomic E-state index is 4.71. The lowest BCUT2D eigenvalue weighted by molar-refractivity contribution is 0.812. The Morgan fingerprint density at radius 2 is 1.72 bits per heavy atom. The molecule has 1 aromatic carbocycles. The summed E-state index contributed by atoms with van der Waals surface area (Å²) in [5.74, 6) is 0. The van der Waals surface area contributed by atoms with Crippen molar-refractivity contribution in [2.75, 3.05) is 0 Å². The molecule has 5 aromatic rings. The van der Waals surface area contributed by atoms with E-state index in [9.17, 15) is 0 Å². The summed E-state index contributed by atoms with van der Waals surface area (Å²) >= 11 is 1.52. The summed E-state index contributed by atoms with van der Waals surface area (Å²) < 4.78 is 3.76. The van der Waals surface area contributed by atoms with E-state index in [0.29, 0.717) is 0 Å². The van der Waals surface area contributed by atoms with Crippen molar-refractivity contribution in [3.8, 4) is 11.3 Å². The molecule has 0 atom stereocenters. The van der Waals surface area contributed by atoms with Crippen LogP contribution in [0.4, 0.5) is 0 Å². The average molecular weight is 344 g/mol. The van der Waals surface area contributed by atoms with Crippen LogP contribution in [-0.2, 0) is 0 Å². The molecule has 7 heteroatoms. The van der Waals surface area contributed by atoms with Crippen molar-refractivity contribution in [2.24, 2.45) is 0 Å². The van der Waals surface area contributed by atoms with E-state index in [-0.39, 0.29) is 0 Å². The fourth-order valence-electron chi connectivity index (χ4n) is 2.66. The minimum atomic E-state index is 0.728. The zero-order valence-corrected chi connectivity index (χ0v) is 13.8. The van der Waals surface area contributed by atoms with Gasteiger partial charge in [0.2, 0.25) is 5.16 Å². The van der Waals surface area contributed by atoms with E-state index in [1.54, 1.807) is 10.7 Å². The third-order valence-corrected chi connectivity index (χ3v) is 4.79. The number of imidazole rings is 1. The molecule has 0 spiro atoms. The molecule has 0 aliphatic carbocycles. The summed E-state index contributed by atoms with van der Waals surface area (Å²) in [6, 6.07) is 18.0. The Balaban J connectivity index is 1.56. The number of aromatic nitrogens is 6. The first-order valence-corrected chi connectivity index (χ1v) is 8.57. The zero-order valence-electron chi connectivity index (χ0n) is 13.0. The van der Waals surface area contributed by atoms with Crippen molar-refractivity contribution >= 4 is 23.1 Å². The Bertz CT molecular complexity index is 1180. The molecule has 0 saturated carbocycles. The molecule has 0 saturated heterocycles. The number of fused-ring (bicyclic) bond motifs is 2. The molecule has 0 unspecified atom stereocenters. The molecule has 0 bridgehead atoms. The Hall–Kier alpha value is -3.19. The van der Waals surface area contributed by atoms with Gasteiger partial charge in [-0.05, 0) is 36.0 Å². The normalized spacial score (nSPS) is 11.4. The van der Waals surface area contributed by atoms with Crippen LogP contribution in [0.25, 0.3) is 22.6 Å². The van der Waals surface area contributed by atoms with Crippen LogP contribution in [0.2, 0.25) is 0 Å². The molecule has 120 valence electrons. The molecule has 0 amide bonds. The van der Waals surface area contributed by atoms with Crippen LogP contribution < -0.4 is 0 Å². The number of rotatable bonds is 3. The molecular formula is C18H12N6S. The van der Waals surface area contributed by atoms with Gasteiger partial charge in [-0.2, -0.15) is 9.61 Å². The van der Waals surface area contributed by atoms with Crippen LogP contribution in [-0.4, -0.2) is 29.2 Å². The Labute approximate surface area is 147 Å². The lowest BCUT2D eigenvalue weighted by atomic mass is 10.1. The van der Waals surface area contributed by atoms with Gasteiger partial charge in [0.15, 0.2) is 5.65 Å². The SMILES string of the molecule is c1ccc(-c2ccc3nnc(Sc4ccc5nccn5c4)n3n2)cc1. The second kappa shape index (κ2) is 5.71. The third kappa shape index (κ3) is 2.54. The first-order valence-electron chi connectivity index (χ1n) is 7.75. The van der Waals surface area contributed by atoms with Gasteiger partial charge in [-0.1, -0.05) is 30.3 Å². The highest BCUT2D eigenvalue weighted by Crippen LogP contribution is 2.27. The fraction of sp³-hybridized carbons (Fsp3) is 0. The molecular weight excluding hydrogens is 332 g/mol. The maximum atomic E-state index is 4.71. The van der Waals surface area contributed by atoms with E-state index in [2.05, 4.69) is 15.2 Å². The first kappa shape index (κ1) is 14.2. The monoisotopic (exact) mass is 344 g/mol. The van der Waals surface area contributed by atoms with Crippen molar-refractivity contribution in [2.45, 2.75) is 10.1 Å². The Morgan fingerprint density at radius 3 is 2.64 bits per heavy atom. The van der Waals surface area contributed by atoms with Gasteiger partial charge in [-0.3, -0.25) is 0 Å². The molecule has 0 aliphatic heterocycles. The molecule has 25 heavy (non-hydrogen) atoms. The van der Waals surface area contributed by atoms with Crippen molar-refractivity contribution in [1.82, 2.24) is 29.2 Å². The molecule has 6 nitrogen and oxygen atoms in total. The zero-order chi connectivity index (χ0) is 16.6. The van der Waals surface area contributed by atoms with Gasteiger partial charge >= 0.3 is 0 Å². The highest BCUT2D eigenvalue weighted by atomic mass is 32.2. The number of nitrogens with zero attached hydrogens (tertiary/aromatic N) is 6. The number of hydrogen-bond donors (Lipinski definition) is 0. The smallest absolute Gasteiger partial charge is 0.217 e. The standard InChI is InChI=1S/C18H12N6S/c1-2-4-13(5-3-1)15-7-9-17-20-21-18(24(17)22-15)25-14-6-8-16-19-10-11-23(16)12-14/h1-12H. The summed E-state index contributed by atoms with van der Waals surface area (Å²) in [5, 5.41) is 13.9. The largest absolute Gasteiger partial charge is 0.306 e. The average Bonchev–Trinajstić information content (AvgIpc) is 3.29. The third-order valence-electron chi connectivity index (χ3n) is 3.87. The van der Waals surface area contributed by atoms with Crippen LogP contribution in [0.15, 0.2) is 83.2 Å². The summed E-state index contributed by atoms with van der Waals surface area (Å²) in [4.78, 5) is 5.31. The number of pyridine rings is 1.